The summed E-state index contributed by atoms with van der Waals surface area (Å²) in [6.07, 6.45) is 1.76. The minimum absolute atomic E-state index is 0.257. The minimum atomic E-state index is 0.257. The highest BCUT2D eigenvalue weighted by Gasteiger charge is 2.10. The minimum Gasteiger partial charge on any atom is -0.438 e. The Labute approximate surface area is 124 Å². The van der Waals surface area contributed by atoms with Crippen LogP contribution in [0.3, 0.4) is 0 Å². The van der Waals surface area contributed by atoms with Gasteiger partial charge in [-0.15, -0.1) is 0 Å². The van der Waals surface area contributed by atoms with Crippen LogP contribution in [0.15, 0.2) is 30.5 Å². The van der Waals surface area contributed by atoms with Crippen LogP contribution in [-0.4, -0.2) is 12.0 Å². The number of ether oxygens (including phenoxy) is 1. The van der Waals surface area contributed by atoms with E-state index in [4.69, 9.17) is 16.3 Å². The highest BCUT2D eigenvalue weighted by Crippen LogP contribution is 2.31. The number of hydrogen-bond donors (Lipinski definition) is 1. The Morgan fingerprint density at radius 2 is 1.85 bits per heavy atom. The first-order chi connectivity index (χ1) is 9.51. The van der Waals surface area contributed by atoms with Crippen molar-refractivity contribution in [3.8, 4) is 11.6 Å². The molecule has 0 spiro atoms. The first-order valence-electron chi connectivity index (χ1n) is 6.59. The number of aromatic nitrogens is 1. The van der Waals surface area contributed by atoms with E-state index in [1.165, 1.54) is 0 Å². The van der Waals surface area contributed by atoms with Crippen LogP contribution >= 0.6 is 11.6 Å². The largest absolute Gasteiger partial charge is 0.438 e. The number of benzene rings is 1. The van der Waals surface area contributed by atoms with E-state index in [9.17, 15) is 0 Å². The van der Waals surface area contributed by atoms with Crippen molar-refractivity contribution in [2.75, 3.05) is 7.05 Å². The van der Waals surface area contributed by atoms with Gasteiger partial charge in [-0.1, -0.05) is 11.6 Å². The van der Waals surface area contributed by atoms with Gasteiger partial charge in [0.1, 0.15) is 5.75 Å². The van der Waals surface area contributed by atoms with E-state index in [0.717, 1.165) is 27.5 Å². The number of pyridine rings is 1. The summed E-state index contributed by atoms with van der Waals surface area (Å²) in [7, 11) is 1.93. The predicted octanol–water partition coefficient (Wildman–Crippen LogP) is 4.42. The van der Waals surface area contributed by atoms with Crippen molar-refractivity contribution in [1.82, 2.24) is 10.3 Å². The van der Waals surface area contributed by atoms with Crippen molar-refractivity contribution in [1.29, 1.82) is 0 Å². The molecule has 1 atom stereocenters. The van der Waals surface area contributed by atoms with Crippen LogP contribution in [0.2, 0.25) is 5.02 Å². The van der Waals surface area contributed by atoms with Gasteiger partial charge in [0, 0.05) is 23.3 Å². The monoisotopic (exact) mass is 290 g/mol. The standard InChI is InChI=1S/C16H19ClN2O/c1-10-7-14(17)8-11(2)16(10)20-15-9-13(5-6-19-15)12(3)18-4/h5-9,12,18H,1-4H3. The van der Waals surface area contributed by atoms with Gasteiger partial charge in [-0.05, 0) is 62.7 Å². The highest BCUT2D eigenvalue weighted by atomic mass is 35.5. The van der Waals surface area contributed by atoms with Gasteiger partial charge in [0.05, 0.1) is 0 Å². The van der Waals surface area contributed by atoms with E-state index in [0.29, 0.717) is 5.88 Å². The van der Waals surface area contributed by atoms with Gasteiger partial charge in [0.25, 0.3) is 0 Å². The molecule has 2 aromatic rings. The number of hydrogen-bond acceptors (Lipinski definition) is 3. The smallest absolute Gasteiger partial charge is 0.219 e. The summed E-state index contributed by atoms with van der Waals surface area (Å²) in [5.41, 5.74) is 3.15. The first-order valence-corrected chi connectivity index (χ1v) is 6.97. The summed E-state index contributed by atoms with van der Waals surface area (Å²) in [5.74, 6) is 1.41. The molecular formula is C16H19ClN2O. The van der Waals surface area contributed by atoms with Crippen LogP contribution in [0.1, 0.15) is 29.7 Å². The normalized spacial score (nSPS) is 12.2. The van der Waals surface area contributed by atoms with Crippen molar-refractivity contribution in [3.05, 3.63) is 52.2 Å². The van der Waals surface area contributed by atoms with Crippen LogP contribution in [0, 0.1) is 13.8 Å². The van der Waals surface area contributed by atoms with Gasteiger partial charge >= 0.3 is 0 Å². The fraction of sp³-hybridized carbons (Fsp3) is 0.312. The average molecular weight is 291 g/mol. The molecule has 0 bridgehead atoms. The zero-order valence-electron chi connectivity index (χ0n) is 12.2. The summed E-state index contributed by atoms with van der Waals surface area (Å²) in [6.45, 7) is 6.06. The van der Waals surface area contributed by atoms with Gasteiger partial charge in [0.15, 0.2) is 0 Å². The number of nitrogens with zero attached hydrogens (tertiary/aromatic N) is 1. The Hall–Kier alpha value is -1.58. The van der Waals surface area contributed by atoms with E-state index >= 15 is 0 Å². The van der Waals surface area contributed by atoms with Crippen molar-refractivity contribution >= 4 is 11.6 Å². The number of aryl methyl sites for hydroxylation is 2. The topological polar surface area (TPSA) is 34.2 Å². The SMILES string of the molecule is CNC(C)c1ccnc(Oc2c(C)cc(Cl)cc2C)c1. The fourth-order valence-corrected chi connectivity index (χ4v) is 2.41. The second kappa shape index (κ2) is 6.25. The maximum absolute atomic E-state index is 6.03. The maximum Gasteiger partial charge on any atom is 0.219 e. The summed E-state index contributed by atoms with van der Waals surface area (Å²) < 4.78 is 5.93. The predicted molar refractivity (Wildman–Crippen MR) is 82.7 cm³/mol. The molecule has 0 fully saturated rings. The molecule has 1 aromatic carbocycles. The van der Waals surface area contributed by atoms with E-state index < -0.39 is 0 Å². The highest BCUT2D eigenvalue weighted by molar-refractivity contribution is 6.30. The van der Waals surface area contributed by atoms with Gasteiger partial charge in [-0.2, -0.15) is 0 Å². The van der Waals surface area contributed by atoms with Crippen molar-refractivity contribution in [2.45, 2.75) is 26.8 Å². The maximum atomic E-state index is 6.03. The zero-order valence-corrected chi connectivity index (χ0v) is 13.0. The molecule has 0 radical (unpaired) electrons. The third-order valence-corrected chi connectivity index (χ3v) is 3.54. The van der Waals surface area contributed by atoms with E-state index in [1.54, 1.807) is 6.20 Å². The second-order valence-electron chi connectivity index (χ2n) is 4.91. The summed E-state index contributed by atoms with van der Waals surface area (Å²) in [5, 5.41) is 3.92. The van der Waals surface area contributed by atoms with Crippen molar-refractivity contribution in [2.24, 2.45) is 0 Å². The first kappa shape index (κ1) is 14.8. The van der Waals surface area contributed by atoms with Gasteiger partial charge in [-0.3, -0.25) is 0 Å². The van der Waals surface area contributed by atoms with Gasteiger partial charge in [0.2, 0.25) is 5.88 Å². The Balaban J connectivity index is 2.31. The molecule has 1 heterocycles. The summed E-state index contributed by atoms with van der Waals surface area (Å²) >= 11 is 6.03. The lowest BCUT2D eigenvalue weighted by molar-refractivity contribution is 0.454. The molecule has 0 saturated carbocycles. The van der Waals surface area contributed by atoms with Crippen molar-refractivity contribution < 1.29 is 4.74 Å². The van der Waals surface area contributed by atoms with E-state index in [2.05, 4.69) is 17.2 Å². The van der Waals surface area contributed by atoms with Gasteiger partial charge < -0.3 is 10.1 Å². The number of halogens is 1. The van der Waals surface area contributed by atoms with Crippen LogP contribution < -0.4 is 10.1 Å². The second-order valence-corrected chi connectivity index (χ2v) is 5.34. The van der Waals surface area contributed by atoms with Crippen LogP contribution in [-0.2, 0) is 0 Å². The Morgan fingerprint density at radius 1 is 1.20 bits per heavy atom. The molecule has 1 unspecified atom stereocenters. The molecule has 0 amide bonds. The number of rotatable bonds is 4. The third-order valence-electron chi connectivity index (χ3n) is 3.32. The number of nitrogens with one attached hydrogen (secondary N) is 1. The Kier molecular flexibility index (Phi) is 4.63. The molecular weight excluding hydrogens is 272 g/mol. The molecule has 1 N–H and O–H groups in total. The molecule has 20 heavy (non-hydrogen) atoms. The van der Waals surface area contributed by atoms with Crippen molar-refractivity contribution in [3.63, 3.8) is 0 Å². The lowest BCUT2D eigenvalue weighted by atomic mass is 10.1. The molecule has 0 aliphatic rings. The molecule has 106 valence electrons. The zero-order chi connectivity index (χ0) is 14.7. The molecule has 0 aliphatic heterocycles. The molecule has 2 rings (SSSR count). The Bertz CT molecular complexity index is 590. The lowest BCUT2D eigenvalue weighted by Gasteiger charge is -2.14. The fourth-order valence-electron chi connectivity index (χ4n) is 2.08. The quantitative estimate of drug-likeness (QED) is 0.905. The molecule has 0 saturated heterocycles. The third kappa shape index (κ3) is 3.30. The van der Waals surface area contributed by atoms with E-state index in [-0.39, 0.29) is 6.04 Å². The lowest BCUT2D eigenvalue weighted by Crippen LogP contribution is -2.12. The molecule has 4 heteroatoms. The summed E-state index contributed by atoms with van der Waals surface area (Å²) in [6, 6.07) is 7.98. The molecule has 0 aliphatic carbocycles. The summed E-state index contributed by atoms with van der Waals surface area (Å²) in [4.78, 5) is 4.27. The Morgan fingerprint density at radius 3 is 2.45 bits per heavy atom. The van der Waals surface area contributed by atoms with Crippen LogP contribution in [0.25, 0.3) is 0 Å². The van der Waals surface area contributed by atoms with E-state index in [1.807, 2.05) is 45.2 Å². The van der Waals surface area contributed by atoms with Crippen LogP contribution in [0.5, 0.6) is 11.6 Å². The molecule has 3 nitrogen and oxygen atoms in total. The van der Waals surface area contributed by atoms with Crippen LogP contribution in [0.4, 0.5) is 0 Å². The van der Waals surface area contributed by atoms with Gasteiger partial charge in [-0.25, -0.2) is 4.98 Å². The molecule has 1 aromatic heterocycles. The average Bonchev–Trinajstić information content (AvgIpc) is 2.42.